The van der Waals surface area contributed by atoms with Gasteiger partial charge in [-0.1, -0.05) is 23.7 Å². The number of halogens is 1. The molecular weight excluding hydrogens is 398 g/mol. The van der Waals surface area contributed by atoms with Crippen LogP contribution in [0.5, 0.6) is 0 Å². The van der Waals surface area contributed by atoms with Crippen LogP contribution >= 0.6 is 11.6 Å². The summed E-state index contributed by atoms with van der Waals surface area (Å²) < 4.78 is 27.3. The van der Waals surface area contributed by atoms with Crippen LogP contribution in [0.15, 0.2) is 47.4 Å². The van der Waals surface area contributed by atoms with E-state index in [4.69, 9.17) is 11.6 Å². The number of hydrogen-bond donors (Lipinski definition) is 1. The van der Waals surface area contributed by atoms with Crippen molar-refractivity contribution in [2.75, 3.05) is 37.6 Å². The Kier molecular flexibility index (Phi) is 6.27. The standard InChI is InChI=1S/C20H24ClN3O3S/c1-15-6-7-19(12-16(15)2)28(26,27)22-14-20(25)24-10-8-23(9-11-24)18-5-3-4-17(21)13-18/h3-7,12-13,22H,8-11,14H2,1-2H3. The largest absolute Gasteiger partial charge is 0.368 e. The lowest BCUT2D eigenvalue weighted by Crippen LogP contribution is -2.51. The lowest BCUT2D eigenvalue weighted by Gasteiger charge is -2.36. The lowest BCUT2D eigenvalue weighted by molar-refractivity contribution is -0.130. The SMILES string of the molecule is Cc1ccc(S(=O)(=O)NCC(=O)N2CCN(c3cccc(Cl)c3)CC2)cc1C. The Hall–Kier alpha value is -2.09. The van der Waals surface area contributed by atoms with Gasteiger partial charge in [-0.05, 0) is 55.3 Å². The Morgan fingerprint density at radius 3 is 2.39 bits per heavy atom. The summed E-state index contributed by atoms with van der Waals surface area (Å²) >= 11 is 6.04. The third-order valence-corrected chi connectivity index (χ3v) is 6.64. The van der Waals surface area contributed by atoms with E-state index in [1.165, 1.54) is 0 Å². The first-order valence-corrected chi connectivity index (χ1v) is 11.0. The summed E-state index contributed by atoms with van der Waals surface area (Å²) in [6, 6.07) is 12.5. The molecular formula is C20H24ClN3O3S. The van der Waals surface area contributed by atoms with Crippen LogP contribution in [0, 0.1) is 13.8 Å². The zero-order valence-corrected chi connectivity index (χ0v) is 17.6. The molecule has 2 aromatic carbocycles. The zero-order valence-electron chi connectivity index (χ0n) is 16.0. The minimum Gasteiger partial charge on any atom is -0.368 e. The first-order valence-electron chi connectivity index (χ1n) is 9.11. The highest BCUT2D eigenvalue weighted by atomic mass is 35.5. The number of nitrogens with one attached hydrogen (secondary N) is 1. The molecule has 0 radical (unpaired) electrons. The minimum atomic E-state index is -3.71. The first-order chi connectivity index (χ1) is 13.3. The van der Waals surface area contributed by atoms with Crippen LogP contribution in [0.2, 0.25) is 5.02 Å². The van der Waals surface area contributed by atoms with E-state index >= 15 is 0 Å². The molecule has 1 amide bonds. The second kappa shape index (κ2) is 8.51. The van der Waals surface area contributed by atoms with E-state index in [2.05, 4.69) is 9.62 Å². The van der Waals surface area contributed by atoms with E-state index in [-0.39, 0.29) is 17.3 Å². The number of amides is 1. The monoisotopic (exact) mass is 421 g/mol. The minimum absolute atomic E-state index is 0.175. The number of nitrogens with zero attached hydrogens (tertiary/aromatic N) is 2. The molecule has 1 aliphatic heterocycles. The first kappa shape index (κ1) is 20.6. The number of sulfonamides is 1. The van der Waals surface area contributed by atoms with E-state index < -0.39 is 10.0 Å². The number of carbonyl (C=O) groups excluding carboxylic acids is 1. The van der Waals surface area contributed by atoms with Crippen molar-refractivity contribution in [1.82, 2.24) is 9.62 Å². The highest BCUT2D eigenvalue weighted by Crippen LogP contribution is 2.21. The number of aryl methyl sites for hydroxylation is 2. The summed E-state index contributed by atoms with van der Waals surface area (Å²) in [5, 5.41) is 0.678. The van der Waals surface area contributed by atoms with Crippen molar-refractivity contribution in [3.05, 3.63) is 58.6 Å². The molecule has 0 atom stereocenters. The molecule has 3 rings (SSSR count). The summed E-state index contributed by atoms with van der Waals surface area (Å²) in [6.45, 7) is 5.97. The van der Waals surface area contributed by atoms with Crippen LogP contribution in [0.4, 0.5) is 5.69 Å². The van der Waals surface area contributed by atoms with Gasteiger partial charge in [0.25, 0.3) is 0 Å². The van der Waals surface area contributed by atoms with Crippen molar-refractivity contribution in [1.29, 1.82) is 0 Å². The Morgan fingerprint density at radius 1 is 1.04 bits per heavy atom. The fraction of sp³-hybridized carbons (Fsp3) is 0.350. The summed E-state index contributed by atoms with van der Waals surface area (Å²) in [7, 11) is -3.71. The van der Waals surface area contributed by atoms with Crippen LogP contribution in [-0.4, -0.2) is 51.9 Å². The fourth-order valence-corrected chi connectivity index (χ4v) is 4.36. The molecule has 0 unspecified atom stereocenters. The zero-order chi connectivity index (χ0) is 20.3. The van der Waals surface area contributed by atoms with Crippen molar-refractivity contribution in [2.24, 2.45) is 0 Å². The number of anilines is 1. The molecule has 0 saturated carbocycles. The van der Waals surface area contributed by atoms with Gasteiger partial charge >= 0.3 is 0 Å². The number of hydrogen-bond acceptors (Lipinski definition) is 4. The molecule has 1 fully saturated rings. The molecule has 28 heavy (non-hydrogen) atoms. The van der Waals surface area contributed by atoms with Gasteiger partial charge in [-0.15, -0.1) is 0 Å². The van der Waals surface area contributed by atoms with Gasteiger partial charge in [0.15, 0.2) is 0 Å². The predicted molar refractivity (Wildman–Crippen MR) is 111 cm³/mol. The molecule has 1 heterocycles. The van der Waals surface area contributed by atoms with E-state index in [1.54, 1.807) is 23.1 Å². The third-order valence-electron chi connectivity index (χ3n) is 5.01. The Balaban J connectivity index is 1.55. The second-order valence-corrected chi connectivity index (χ2v) is 9.12. The van der Waals surface area contributed by atoms with E-state index in [0.29, 0.717) is 31.2 Å². The average Bonchev–Trinajstić information content (AvgIpc) is 2.68. The van der Waals surface area contributed by atoms with Gasteiger partial charge in [0, 0.05) is 36.9 Å². The van der Waals surface area contributed by atoms with Crippen LogP contribution in [0.1, 0.15) is 11.1 Å². The highest BCUT2D eigenvalue weighted by Gasteiger charge is 2.23. The average molecular weight is 422 g/mol. The van der Waals surface area contributed by atoms with Gasteiger partial charge < -0.3 is 9.80 Å². The van der Waals surface area contributed by atoms with Crippen molar-refractivity contribution < 1.29 is 13.2 Å². The third kappa shape index (κ3) is 4.84. The molecule has 0 aromatic heterocycles. The molecule has 0 spiro atoms. The summed E-state index contributed by atoms with van der Waals surface area (Å²) in [6.07, 6.45) is 0. The van der Waals surface area contributed by atoms with Gasteiger partial charge in [0.2, 0.25) is 15.9 Å². The van der Waals surface area contributed by atoms with E-state index in [0.717, 1.165) is 16.8 Å². The molecule has 0 bridgehead atoms. The Bertz CT molecular complexity index is 970. The number of piperazine rings is 1. The van der Waals surface area contributed by atoms with Crippen molar-refractivity contribution in [3.8, 4) is 0 Å². The van der Waals surface area contributed by atoms with E-state index in [1.807, 2.05) is 38.1 Å². The van der Waals surface area contributed by atoms with Gasteiger partial charge in [0.05, 0.1) is 11.4 Å². The van der Waals surface area contributed by atoms with Crippen LogP contribution in [0.3, 0.4) is 0 Å². The van der Waals surface area contributed by atoms with Crippen LogP contribution in [0.25, 0.3) is 0 Å². The second-order valence-electron chi connectivity index (χ2n) is 6.92. The molecule has 0 aliphatic carbocycles. The molecule has 150 valence electrons. The smallest absolute Gasteiger partial charge is 0.241 e. The maximum atomic E-state index is 12.5. The van der Waals surface area contributed by atoms with Crippen molar-refractivity contribution in [3.63, 3.8) is 0 Å². The maximum Gasteiger partial charge on any atom is 0.241 e. The summed E-state index contributed by atoms with van der Waals surface area (Å²) in [5.74, 6) is -0.224. The maximum absolute atomic E-state index is 12.5. The number of rotatable bonds is 5. The molecule has 6 nitrogen and oxygen atoms in total. The quantitative estimate of drug-likeness (QED) is 0.805. The summed E-state index contributed by atoms with van der Waals surface area (Å²) in [4.78, 5) is 16.5. The normalized spacial score (nSPS) is 15.0. The molecule has 1 saturated heterocycles. The van der Waals surface area contributed by atoms with Crippen LogP contribution < -0.4 is 9.62 Å². The topological polar surface area (TPSA) is 69.7 Å². The highest BCUT2D eigenvalue weighted by molar-refractivity contribution is 7.89. The van der Waals surface area contributed by atoms with Crippen molar-refractivity contribution >= 4 is 33.2 Å². The Morgan fingerprint density at radius 2 is 1.75 bits per heavy atom. The van der Waals surface area contributed by atoms with Crippen LogP contribution in [-0.2, 0) is 14.8 Å². The number of benzene rings is 2. The van der Waals surface area contributed by atoms with Gasteiger partial charge in [0.1, 0.15) is 0 Å². The lowest BCUT2D eigenvalue weighted by atomic mass is 10.1. The molecule has 1 aliphatic rings. The predicted octanol–water partition coefficient (Wildman–Crippen LogP) is 2.58. The summed E-state index contributed by atoms with van der Waals surface area (Å²) in [5.41, 5.74) is 2.94. The Labute approximate surface area is 171 Å². The van der Waals surface area contributed by atoms with Crippen molar-refractivity contribution in [2.45, 2.75) is 18.7 Å². The van der Waals surface area contributed by atoms with Gasteiger partial charge in [-0.25, -0.2) is 13.1 Å². The molecule has 8 heteroatoms. The number of carbonyl (C=O) groups is 1. The molecule has 1 N–H and O–H groups in total. The van der Waals surface area contributed by atoms with Gasteiger partial charge in [-0.2, -0.15) is 0 Å². The van der Waals surface area contributed by atoms with Gasteiger partial charge in [-0.3, -0.25) is 4.79 Å². The molecule has 2 aromatic rings. The van der Waals surface area contributed by atoms with E-state index in [9.17, 15) is 13.2 Å². The fourth-order valence-electron chi connectivity index (χ4n) is 3.12.